The summed E-state index contributed by atoms with van der Waals surface area (Å²) in [6.07, 6.45) is 3.06. The van der Waals surface area contributed by atoms with Crippen molar-refractivity contribution in [3.8, 4) is 0 Å². The van der Waals surface area contributed by atoms with E-state index in [-0.39, 0.29) is 17.9 Å². The number of aliphatic hydroxyl groups excluding tert-OH is 1. The minimum Gasteiger partial charge on any atom is -0.479 e. The third kappa shape index (κ3) is 2.72. The summed E-state index contributed by atoms with van der Waals surface area (Å²) < 4.78 is 0. The van der Waals surface area contributed by atoms with Gasteiger partial charge in [0.05, 0.1) is 6.54 Å². The van der Waals surface area contributed by atoms with E-state index in [1.807, 2.05) is 6.92 Å². The summed E-state index contributed by atoms with van der Waals surface area (Å²) in [5.41, 5.74) is -0.335. The summed E-state index contributed by atoms with van der Waals surface area (Å²) in [6.45, 7) is 1.76. The van der Waals surface area contributed by atoms with Crippen molar-refractivity contribution in [1.29, 1.82) is 0 Å². The molecule has 3 N–H and O–H groups in total. The van der Waals surface area contributed by atoms with Crippen molar-refractivity contribution in [3.05, 3.63) is 0 Å². The van der Waals surface area contributed by atoms with Crippen molar-refractivity contribution in [2.24, 2.45) is 5.41 Å². The molecule has 0 heterocycles. The minimum absolute atomic E-state index is 0.118. The zero-order chi connectivity index (χ0) is 12.2. The number of hydrogen-bond acceptors (Lipinski definition) is 3. The molecule has 1 fully saturated rings. The Labute approximate surface area is 94.8 Å². The molecule has 0 bridgehead atoms. The van der Waals surface area contributed by atoms with E-state index < -0.39 is 12.1 Å². The number of aliphatic carboxylic acids is 1. The fraction of sp³-hybridized carbons (Fsp3) is 0.818. The van der Waals surface area contributed by atoms with Gasteiger partial charge in [-0.2, -0.15) is 0 Å². The molecular weight excluding hydrogens is 210 g/mol. The van der Waals surface area contributed by atoms with Crippen molar-refractivity contribution >= 4 is 11.9 Å². The molecule has 1 rings (SSSR count). The lowest BCUT2D eigenvalue weighted by Crippen LogP contribution is -2.43. The van der Waals surface area contributed by atoms with Gasteiger partial charge in [0.2, 0.25) is 5.91 Å². The van der Waals surface area contributed by atoms with Crippen LogP contribution < -0.4 is 5.32 Å². The van der Waals surface area contributed by atoms with Gasteiger partial charge in [-0.05, 0) is 19.3 Å². The Kier molecular flexibility index (Phi) is 4.29. The first kappa shape index (κ1) is 13.0. The zero-order valence-corrected chi connectivity index (χ0v) is 9.53. The van der Waals surface area contributed by atoms with Crippen molar-refractivity contribution in [2.45, 2.75) is 45.1 Å². The van der Waals surface area contributed by atoms with Gasteiger partial charge in [0.1, 0.15) is 0 Å². The van der Waals surface area contributed by atoms with Crippen molar-refractivity contribution in [1.82, 2.24) is 5.32 Å². The predicted octanol–water partition coefficient (Wildman–Crippen LogP) is 0.518. The molecule has 1 aliphatic rings. The van der Waals surface area contributed by atoms with E-state index in [0.717, 1.165) is 32.1 Å². The number of nitrogens with one attached hydrogen (secondary N) is 1. The van der Waals surface area contributed by atoms with Crippen molar-refractivity contribution in [2.75, 3.05) is 6.54 Å². The molecule has 5 heteroatoms. The van der Waals surface area contributed by atoms with Crippen LogP contribution in [-0.4, -0.2) is 34.7 Å². The van der Waals surface area contributed by atoms with Crippen LogP contribution in [0.4, 0.5) is 0 Å². The van der Waals surface area contributed by atoms with Crippen LogP contribution in [-0.2, 0) is 9.59 Å². The lowest BCUT2D eigenvalue weighted by atomic mass is 9.82. The fourth-order valence-electron chi connectivity index (χ4n) is 2.26. The van der Waals surface area contributed by atoms with Gasteiger partial charge in [-0.1, -0.05) is 19.8 Å². The van der Waals surface area contributed by atoms with Crippen LogP contribution in [0.25, 0.3) is 0 Å². The van der Waals surface area contributed by atoms with E-state index in [2.05, 4.69) is 5.32 Å². The number of aliphatic hydroxyl groups is 1. The third-order valence-electron chi connectivity index (χ3n) is 3.46. The Balaban J connectivity index is 2.48. The average Bonchev–Trinajstić information content (AvgIpc) is 2.74. The predicted molar refractivity (Wildman–Crippen MR) is 57.8 cm³/mol. The van der Waals surface area contributed by atoms with E-state index in [1.54, 1.807) is 0 Å². The number of amides is 1. The Morgan fingerprint density at radius 3 is 2.38 bits per heavy atom. The smallest absolute Gasteiger partial charge is 0.334 e. The largest absolute Gasteiger partial charge is 0.479 e. The molecular formula is C11H19NO4. The summed E-state index contributed by atoms with van der Waals surface area (Å²) in [5, 5.41) is 20.1. The number of rotatable bonds is 5. The van der Waals surface area contributed by atoms with E-state index in [1.165, 1.54) is 0 Å². The Hall–Kier alpha value is -1.10. The quantitative estimate of drug-likeness (QED) is 0.641. The van der Waals surface area contributed by atoms with Gasteiger partial charge in [0, 0.05) is 5.41 Å². The van der Waals surface area contributed by atoms with Gasteiger partial charge >= 0.3 is 5.97 Å². The summed E-state index contributed by atoms with van der Waals surface area (Å²) in [4.78, 5) is 22.3. The molecule has 1 saturated carbocycles. The molecule has 92 valence electrons. The second kappa shape index (κ2) is 5.30. The molecule has 0 unspecified atom stereocenters. The third-order valence-corrected chi connectivity index (χ3v) is 3.46. The number of carbonyl (C=O) groups excluding carboxylic acids is 1. The minimum atomic E-state index is -1.51. The Morgan fingerprint density at radius 2 is 1.94 bits per heavy atom. The molecule has 0 aromatic heterocycles. The molecule has 1 atom stereocenters. The fourth-order valence-corrected chi connectivity index (χ4v) is 2.26. The van der Waals surface area contributed by atoms with E-state index in [0.29, 0.717) is 0 Å². The number of carbonyl (C=O) groups is 2. The molecule has 16 heavy (non-hydrogen) atoms. The lowest BCUT2D eigenvalue weighted by Gasteiger charge is -2.26. The molecule has 1 aliphatic carbocycles. The number of hydrogen-bond donors (Lipinski definition) is 3. The second-order valence-electron chi connectivity index (χ2n) is 4.41. The topological polar surface area (TPSA) is 86.6 Å². The zero-order valence-electron chi connectivity index (χ0n) is 9.53. The van der Waals surface area contributed by atoms with Crippen LogP contribution in [0.3, 0.4) is 0 Å². The summed E-state index contributed by atoms with van der Waals surface area (Å²) in [7, 11) is 0. The van der Waals surface area contributed by atoms with Crippen LogP contribution in [0, 0.1) is 5.41 Å². The number of carboxylic acid groups (broad SMARTS) is 1. The molecule has 0 aromatic carbocycles. The molecule has 0 aromatic rings. The van der Waals surface area contributed by atoms with Crippen molar-refractivity contribution in [3.63, 3.8) is 0 Å². The SMILES string of the molecule is CCC1(C(=O)NC[C@H](O)C(=O)O)CCCC1. The number of carboxylic acids is 1. The maximum atomic E-state index is 11.9. The van der Waals surface area contributed by atoms with E-state index in [4.69, 9.17) is 10.2 Å². The molecule has 1 amide bonds. The Bertz CT molecular complexity index is 271. The summed E-state index contributed by atoms with van der Waals surface area (Å²) in [6, 6.07) is 0. The van der Waals surface area contributed by atoms with Crippen molar-refractivity contribution < 1.29 is 19.8 Å². The van der Waals surface area contributed by atoms with Crippen LogP contribution in [0.5, 0.6) is 0 Å². The van der Waals surface area contributed by atoms with Gasteiger partial charge < -0.3 is 15.5 Å². The first-order valence-corrected chi connectivity index (χ1v) is 5.71. The molecule has 0 saturated heterocycles. The van der Waals surface area contributed by atoms with Gasteiger partial charge in [-0.3, -0.25) is 4.79 Å². The van der Waals surface area contributed by atoms with Crippen LogP contribution >= 0.6 is 0 Å². The first-order chi connectivity index (χ1) is 7.52. The van der Waals surface area contributed by atoms with E-state index >= 15 is 0 Å². The maximum Gasteiger partial charge on any atom is 0.334 e. The monoisotopic (exact) mass is 229 g/mol. The lowest BCUT2D eigenvalue weighted by molar-refractivity contribution is -0.146. The summed E-state index contributed by atoms with van der Waals surface area (Å²) in [5.74, 6) is -1.43. The van der Waals surface area contributed by atoms with Crippen LogP contribution in [0.1, 0.15) is 39.0 Å². The highest BCUT2D eigenvalue weighted by Gasteiger charge is 2.39. The Morgan fingerprint density at radius 1 is 1.38 bits per heavy atom. The van der Waals surface area contributed by atoms with Gasteiger partial charge in [0.15, 0.2) is 6.10 Å². The molecule has 0 spiro atoms. The van der Waals surface area contributed by atoms with Crippen LogP contribution in [0.2, 0.25) is 0 Å². The molecule has 5 nitrogen and oxygen atoms in total. The van der Waals surface area contributed by atoms with Gasteiger partial charge in [0.25, 0.3) is 0 Å². The van der Waals surface area contributed by atoms with Crippen LogP contribution in [0.15, 0.2) is 0 Å². The first-order valence-electron chi connectivity index (χ1n) is 5.71. The highest BCUT2D eigenvalue weighted by atomic mass is 16.4. The van der Waals surface area contributed by atoms with Gasteiger partial charge in [-0.15, -0.1) is 0 Å². The highest BCUT2D eigenvalue weighted by Crippen LogP contribution is 2.40. The second-order valence-corrected chi connectivity index (χ2v) is 4.41. The molecule has 0 aliphatic heterocycles. The molecule has 0 radical (unpaired) electrons. The standard InChI is InChI=1S/C11H19NO4/c1-2-11(5-3-4-6-11)10(16)12-7-8(13)9(14)15/h8,13H,2-7H2,1H3,(H,12,16)(H,14,15)/t8-/m0/s1. The van der Waals surface area contributed by atoms with Gasteiger partial charge in [-0.25, -0.2) is 4.79 Å². The average molecular weight is 229 g/mol. The van der Waals surface area contributed by atoms with E-state index in [9.17, 15) is 9.59 Å². The normalized spacial score (nSPS) is 20.4. The maximum absolute atomic E-state index is 11.9. The summed E-state index contributed by atoms with van der Waals surface area (Å²) >= 11 is 0. The highest BCUT2D eigenvalue weighted by molar-refractivity contribution is 5.83.